The van der Waals surface area contributed by atoms with Gasteiger partial charge in [-0.2, -0.15) is 0 Å². The van der Waals surface area contributed by atoms with Crippen LogP contribution in [0.3, 0.4) is 0 Å². The number of hydrogen-bond acceptors (Lipinski definition) is 3. The van der Waals surface area contributed by atoms with Gasteiger partial charge in [-0.05, 0) is 61.4 Å². The molecule has 2 aromatic carbocycles. The Hall–Kier alpha value is -2.08. The van der Waals surface area contributed by atoms with Crippen molar-refractivity contribution in [1.82, 2.24) is 0 Å². The van der Waals surface area contributed by atoms with E-state index in [0.29, 0.717) is 5.69 Å². The Labute approximate surface area is 136 Å². The highest BCUT2D eigenvalue weighted by Crippen LogP contribution is 2.26. The zero-order valence-corrected chi connectivity index (χ0v) is 13.8. The van der Waals surface area contributed by atoms with E-state index in [1.807, 2.05) is 12.1 Å². The number of benzene rings is 2. The van der Waals surface area contributed by atoms with Crippen LogP contribution in [0.5, 0.6) is 0 Å². The molecule has 1 heterocycles. The fourth-order valence-electron chi connectivity index (χ4n) is 2.75. The van der Waals surface area contributed by atoms with Crippen molar-refractivity contribution in [2.75, 3.05) is 29.3 Å². The third kappa shape index (κ3) is 3.17. The van der Waals surface area contributed by atoms with Crippen molar-refractivity contribution >= 4 is 21.4 Å². The quantitative estimate of drug-likeness (QED) is 0.862. The maximum Gasteiger partial charge on any atom is 0.264 e. The van der Waals surface area contributed by atoms with Crippen LogP contribution in [0.2, 0.25) is 0 Å². The summed E-state index contributed by atoms with van der Waals surface area (Å²) in [5.74, 6) is -0.457. The summed E-state index contributed by atoms with van der Waals surface area (Å²) in [6.45, 7) is 2.09. The van der Waals surface area contributed by atoms with Gasteiger partial charge in [0, 0.05) is 25.8 Å². The number of rotatable bonds is 4. The molecule has 1 aliphatic rings. The molecule has 0 atom stereocenters. The molecule has 0 aromatic heterocycles. The van der Waals surface area contributed by atoms with Crippen LogP contribution in [0.1, 0.15) is 12.8 Å². The van der Waals surface area contributed by atoms with E-state index in [2.05, 4.69) is 4.90 Å². The van der Waals surface area contributed by atoms with Gasteiger partial charge in [0.1, 0.15) is 5.82 Å². The molecule has 0 unspecified atom stereocenters. The van der Waals surface area contributed by atoms with Gasteiger partial charge in [0.25, 0.3) is 10.0 Å². The highest BCUT2D eigenvalue weighted by atomic mass is 32.2. The Morgan fingerprint density at radius 1 is 0.957 bits per heavy atom. The summed E-state index contributed by atoms with van der Waals surface area (Å²) in [6.07, 6.45) is 2.39. The molecule has 2 aromatic rings. The number of anilines is 2. The molecule has 23 heavy (non-hydrogen) atoms. The molecular weight excluding hydrogens is 315 g/mol. The maximum absolute atomic E-state index is 13.0. The van der Waals surface area contributed by atoms with E-state index in [9.17, 15) is 12.8 Å². The average molecular weight is 334 g/mol. The van der Waals surface area contributed by atoms with Gasteiger partial charge in [0.15, 0.2) is 0 Å². The number of nitrogens with zero attached hydrogens (tertiary/aromatic N) is 2. The molecule has 122 valence electrons. The van der Waals surface area contributed by atoms with Crippen molar-refractivity contribution in [2.24, 2.45) is 0 Å². The van der Waals surface area contributed by atoms with Crippen LogP contribution in [0.15, 0.2) is 53.4 Å². The molecule has 6 heteroatoms. The molecule has 0 radical (unpaired) electrons. The third-order valence-corrected chi connectivity index (χ3v) is 5.96. The van der Waals surface area contributed by atoms with Gasteiger partial charge in [-0.25, -0.2) is 12.8 Å². The van der Waals surface area contributed by atoms with Gasteiger partial charge >= 0.3 is 0 Å². The van der Waals surface area contributed by atoms with Gasteiger partial charge in [-0.1, -0.05) is 0 Å². The first-order valence-corrected chi connectivity index (χ1v) is 9.02. The van der Waals surface area contributed by atoms with Crippen LogP contribution >= 0.6 is 0 Å². The van der Waals surface area contributed by atoms with E-state index in [4.69, 9.17) is 0 Å². The highest BCUT2D eigenvalue weighted by Gasteiger charge is 2.21. The second-order valence-electron chi connectivity index (χ2n) is 5.64. The molecule has 4 nitrogen and oxygen atoms in total. The minimum Gasteiger partial charge on any atom is -0.372 e. The van der Waals surface area contributed by atoms with Crippen molar-refractivity contribution in [3.63, 3.8) is 0 Å². The Kier molecular flexibility index (Phi) is 4.26. The first-order chi connectivity index (χ1) is 11.0. The van der Waals surface area contributed by atoms with Gasteiger partial charge < -0.3 is 4.90 Å². The van der Waals surface area contributed by atoms with Gasteiger partial charge in [0.05, 0.1) is 10.6 Å². The Balaban J connectivity index is 1.84. The van der Waals surface area contributed by atoms with E-state index in [1.165, 1.54) is 36.3 Å². The van der Waals surface area contributed by atoms with E-state index in [0.717, 1.165) is 30.9 Å². The molecule has 0 amide bonds. The first kappa shape index (κ1) is 15.8. The topological polar surface area (TPSA) is 40.6 Å². The summed E-state index contributed by atoms with van der Waals surface area (Å²) >= 11 is 0. The second kappa shape index (κ2) is 6.20. The van der Waals surface area contributed by atoms with Crippen LogP contribution in [0, 0.1) is 5.82 Å². The molecule has 3 rings (SSSR count). The molecular formula is C17H19FN2O2S. The van der Waals surface area contributed by atoms with Crippen LogP contribution in [-0.2, 0) is 10.0 Å². The smallest absolute Gasteiger partial charge is 0.264 e. The number of hydrogen-bond donors (Lipinski definition) is 0. The fourth-order valence-corrected chi connectivity index (χ4v) is 3.95. The van der Waals surface area contributed by atoms with Crippen molar-refractivity contribution in [2.45, 2.75) is 17.7 Å². The monoisotopic (exact) mass is 334 g/mol. The van der Waals surface area contributed by atoms with Crippen molar-refractivity contribution < 1.29 is 12.8 Å². The normalized spacial score (nSPS) is 15.0. The Morgan fingerprint density at radius 2 is 1.52 bits per heavy atom. The maximum atomic E-state index is 13.0. The Morgan fingerprint density at radius 3 is 2.09 bits per heavy atom. The summed E-state index contributed by atoms with van der Waals surface area (Å²) in [5, 5.41) is 0. The molecule has 1 aliphatic heterocycles. The minimum absolute atomic E-state index is 0.0741. The molecule has 0 spiro atoms. The van der Waals surface area contributed by atoms with E-state index in [-0.39, 0.29) is 4.90 Å². The SMILES string of the molecule is CN(c1ccc(N2CCCC2)cc1)S(=O)(=O)c1ccc(F)cc1. The zero-order valence-electron chi connectivity index (χ0n) is 12.9. The van der Waals surface area contributed by atoms with E-state index >= 15 is 0 Å². The summed E-state index contributed by atoms with van der Waals surface area (Å²) in [6, 6.07) is 12.3. The average Bonchev–Trinajstić information content (AvgIpc) is 3.09. The van der Waals surface area contributed by atoms with Crippen LogP contribution in [-0.4, -0.2) is 28.6 Å². The predicted molar refractivity (Wildman–Crippen MR) is 89.9 cm³/mol. The lowest BCUT2D eigenvalue weighted by Crippen LogP contribution is -2.26. The van der Waals surface area contributed by atoms with Crippen molar-refractivity contribution in [3.05, 3.63) is 54.3 Å². The van der Waals surface area contributed by atoms with Crippen molar-refractivity contribution in [3.8, 4) is 0 Å². The summed E-state index contributed by atoms with van der Waals surface area (Å²) < 4.78 is 39.4. The van der Waals surface area contributed by atoms with Crippen LogP contribution < -0.4 is 9.21 Å². The number of halogens is 1. The number of sulfonamides is 1. The molecule has 0 bridgehead atoms. The second-order valence-corrected chi connectivity index (χ2v) is 7.61. The first-order valence-electron chi connectivity index (χ1n) is 7.58. The zero-order chi connectivity index (χ0) is 16.4. The summed E-state index contributed by atoms with van der Waals surface area (Å²) in [7, 11) is -2.18. The minimum atomic E-state index is -3.69. The predicted octanol–water partition coefficient (Wildman–Crippen LogP) is 3.25. The molecule has 1 saturated heterocycles. The van der Waals surface area contributed by atoms with Gasteiger partial charge in [0.2, 0.25) is 0 Å². The lowest BCUT2D eigenvalue weighted by molar-refractivity contribution is 0.593. The Bertz CT molecular complexity index is 767. The third-order valence-electron chi connectivity index (χ3n) is 4.16. The summed E-state index contributed by atoms with van der Waals surface area (Å²) in [4.78, 5) is 2.36. The largest absolute Gasteiger partial charge is 0.372 e. The summed E-state index contributed by atoms with van der Waals surface area (Å²) in [5.41, 5.74) is 1.69. The highest BCUT2D eigenvalue weighted by molar-refractivity contribution is 7.92. The van der Waals surface area contributed by atoms with E-state index in [1.54, 1.807) is 12.1 Å². The van der Waals surface area contributed by atoms with E-state index < -0.39 is 15.8 Å². The lowest BCUT2D eigenvalue weighted by atomic mass is 10.2. The van der Waals surface area contributed by atoms with Crippen molar-refractivity contribution in [1.29, 1.82) is 0 Å². The van der Waals surface area contributed by atoms with Gasteiger partial charge in [-0.3, -0.25) is 4.31 Å². The standard InChI is InChI=1S/C17H19FN2O2S/c1-19(23(21,22)17-10-4-14(18)5-11-17)15-6-8-16(9-7-15)20-12-2-3-13-20/h4-11H,2-3,12-13H2,1H3. The molecule has 0 saturated carbocycles. The lowest BCUT2D eigenvalue weighted by Gasteiger charge is -2.22. The van der Waals surface area contributed by atoms with Crippen LogP contribution in [0.25, 0.3) is 0 Å². The van der Waals surface area contributed by atoms with Gasteiger partial charge in [-0.15, -0.1) is 0 Å². The fraction of sp³-hybridized carbons (Fsp3) is 0.294. The van der Waals surface area contributed by atoms with Crippen LogP contribution in [0.4, 0.5) is 15.8 Å². The molecule has 0 aliphatic carbocycles. The molecule has 1 fully saturated rings. The molecule has 0 N–H and O–H groups in total.